The molecular formula is C25H22N2O6S. The minimum Gasteiger partial charge on any atom is -0.496 e. The molecule has 3 heterocycles. The van der Waals surface area contributed by atoms with Crippen molar-refractivity contribution in [3.8, 4) is 17.2 Å². The molecule has 34 heavy (non-hydrogen) atoms. The van der Waals surface area contributed by atoms with Gasteiger partial charge in [0.2, 0.25) is 6.79 Å². The molecular weight excluding hydrogens is 456 g/mol. The zero-order chi connectivity index (χ0) is 23.8. The third-order valence-corrected chi connectivity index (χ3v) is 6.64. The quantitative estimate of drug-likeness (QED) is 0.524. The number of benzene rings is 2. The molecule has 0 spiro atoms. The van der Waals surface area contributed by atoms with E-state index in [2.05, 4.69) is 4.99 Å². The molecule has 2 aliphatic heterocycles. The van der Waals surface area contributed by atoms with Crippen LogP contribution in [0.25, 0.3) is 6.08 Å². The number of rotatable bonds is 5. The number of hydrogen-bond donors (Lipinski definition) is 0. The number of carbonyl (C=O) groups is 1. The molecule has 0 amide bonds. The van der Waals surface area contributed by atoms with Crippen LogP contribution in [0.5, 0.6) is 17.2 Å². The van der Waals surface area contributed by atoms with E-state index in [0.717, 1.165) is 5.56 Å². The van der Waals surface area contributed by atoms with E-state index < -0.39 is 12.0 Å². The summed E-state index contributed by atoms with van der Waals surface area (Å²) in [7, 11) is 1.59. The van der Waals surface area contributed by atoms with Gasteiger partial charge in [-0.1, -0.05) is 35.6 Å². The van der Waals surface area contributed by atoms with E-state index in [9.17, 15) is 9.59 Å². The highest BCUT2D eigenvalue weighted by molar-refractivity contribution is 7.07. The number of thiazole rings is 1. The second-order valence-electron chi connectivity index (χ2n) is 7.66. The van der Waals surface area contributed by atoms with Crippen LogP contribution >= 0.6 is 11.3 Å². The Morgan fingerprint density at radius 1 is 1.24 bits per heavy atom. The van der Waals surface area contributed by atoms with Crippen LogP contribution in [0.15, 0.2) is 63.5 Å². The Bertz CT molecular complexity index is 1500. The van der Waals surface area contributed by atoms with E-state index in [1.165, 1.54) is 11.3 Å². The summed E-state index contributed by atoms with van der Waals surface area (Å²) in [4.78, 5) is 31.8. The van der Waals surface area contributed by atoms with Crippen LogP contribution in [0.3, 0.4) is 0 Å². The van der Waals surface area contributed by atoms with Gasteiger partial charge in [0.05, 0.1) is 35.6 Å². The summed E-state index contributed by atoms with van der Waals surface area (Å²) in [5.74, 6) is 1.33. The Morgan fingerprint density at radius 2 is 2.03 bits per heavy atom. The number of hydrogen-bond acceptors (Lipinski definition) is 8. The van der Waals surface area contributed by atoms with Crippen molar-refractivity contribution in [2.24, 2.45) is 4.99 Å². The Morgan fingerprint density at radius 3 is 2.82 bits per heavy atom. The average Bonchev–Trinajstić information content (AvgIpc) is 3.42. The fourth-order valence-corrected chi connectivity index (χ4v) is 5.15. The zero-order valence-corrected chi connectivity index (χ0v) is 19.7. The van der Waals surface area contributed by atoms with Crippen molar-refractivity contribution in [1.29, 1.82) is 0 Å². The summed E-state index contributed by atoms with van der Waals surface area (Å²) in [5, 5.41) is 0. The molecule has 0 bridgehead atoms. The van der Waals surface area contributed by atoms with Gasteiger partial charge in [-0.15, -0.1) is 0 Å². The van der Waals surface area contributed by atoms with Crippen molar-refractivity contribution in [2.75, 3.05) is 20.5 Å². The summed E-state index contributed by atoms with van der Waals surface area (Å²) >= 11 is 1.26. The summed E-state index contributed by atoms with van der Waals surface area (Å²) in [5.41, 5.74) is 2.04. The number of aromatic nitrogens is 1. The summed E-state index contributed by atoms with van der Waals surface area (Å²) in [6, 6.07) is 12.1. The van der Waals surface area contributed by atoms with Crippen molar-refractivity contribution in [3.63, 3.8) is 0 Å². The third kappa shape index (κ3) is 3.67. The van der Waals surface area contributed by atoms with Gasteiger partial charge in [-0.25, -0.2) is 9.79 Å². The zero-order valence-electron chi connectivity index (χ0n) is 18.9. The molecule has 0 saturated heterocycles. The van der Waals surface area contributed by atoms with Crippen LogP contribution < -0.4 is 29.1 Å². The Labute approximate surface area is 199 Å². The van der Waals surface area contributed by atoms with Gasteiger partial charge >= 0.3 is 5.97 Å². The van der Waals surface area contributed by atoms with Crippen molar-refractivity contribution in [1.82, 2.24) is 4.57 Å². The van der Waals surface area contributed by atoms with Gasteiger partial charge in [-0.2, -0.15) is 0 Å². The second kappa shape index (κ2) is 8.83. The first-order valence-corrected chi connectivity index (χ1v) is 11.6. The number of esters is 1. The first-order chi connectivity index (χ1) is 16.5. The van der Waals surface area contributed by atoms with E-state index in [-0.39, 0.29) is 19.0 Å². The van der Waals surface area contributed by atoms with Crippen LogP contribution in [-0.2, 0) is 9.53 Å². The van der Waals surface area contributed by atoms with Gasteiger partial charge in [-0.05, 0) is 43.7 Å². The summed E-state index contributed by atoms with van der Waals surface area (Å²) < 4.78 is 23.8. The third-order valence-electron chi connectivity index (χ3n) is 5.65. The monoisotopic (exact) mass is 478 g/mol. The molecule has 2 aliphatic rings. The molecule has 5 rings (SSSR count). The number of allylic oxidation sites excluding steroid dienone is 1. The lowest BCUT2D eigenvalue weighted by molar-refractivity contribution is -0.139. The summed E-state index contributed by atoms with van der Waals surface area (Å²) in [6.07, 6.45) is 1.78. The number of methoxy groups -OCH3 is 1. The maximum absolute atomic E-state index is 13.7. The Kier molecular flexibility index (Phi) is 5.70. The minimum atomic E-state index is -0.718. The fourth-order valence-electron chi connectivity index (χ4n) is 4.12. The highest BCUT2D eigenvalue weighted by atomic mass is 32.1. The highest BCUT2D eigenvalue weighted by Crippen LogP contribution is 2.38. The van der Waals surface area contributed by atoms with E-state index >= 15 is 0 Å². The molecule has 2 aromatic carbocycles. The molecule has 174 valence electrons. The number of para-hydroxylation sites is 1. The van der Waals surface area contributed by atoms with Gasteiger partial charge in [0.1, 0.15) is 5.75 Å². The van der Waals surface area contributed by atoms with Crippen molar-refractivity contribution in [2.45, 2.75) is 19.9 Å². The SMILES string of the molecule is CCOC(=O)C1=C(C)N=c2sc(=Cc3ccccc3OC)c(=O)n2C1c1ccc2c(c1)OCO2. The number of nitrogens with zero attached hydrogens (tertiary/aromatic N) is 2. The summed E-state index contributed by atoms with van der Waals surface area (Å²) in [6.45, 7) is 3.83. The fraction of sp³-hybridized carbons (Fsp3) is 0.240. The lowest BCUT2D eigenvalue weighted by Crippen LogP contribution is -2.39. The highest BCUT2D eigenvalue weighted by Gasteiger charge is 2.34. The van der Waals surface area contributed by atoms with E-state index in [1.807, 2.05) is 30.3 Å². The van der Waals surface area contributed by atoms with E-state index in [4.69, 9.17) is 18.9 Å². The first-order valence-electron chi connectivity index (χ1n) is 10.7. The molecule has 9 heteroatoms. The average molecular weight is 479 g/mol. The van der Waals surface area contributed by atoms with Crippen molar-refractivity contribution in [3.05, 3.63) is 84.5 Å². The Hall–Kier alpha value is -3.85. The van der Waals surface area contributed by atoms with Crippen molar-refractivity contribution >= 4 is 23.4 Å². The Balaban J connectivity index is 1.73. The molecule has 0 radical (unpaired) electrons. The van der Waals surface area contributed by atoms with Gasteiger partial charge < -0.3 is 18.9 Å². The van der Waals surface area contributed by atoms with Crippen LogP contribution in [0.2, 0.25) is 0 Å². The molecule has 1 aromatic heterocycles. The topological polar surface area (TPSA) is 88.4 Å². The molecule has 0 aliphatic carbocycles. The molecule has 0 N–H and O–H groups in total. The first kappa shape index (κ1) is 22.0. The molecule has 1 atom stereocenters. The largest absolute Gasteiger partial charge is 0.496 e. The van der Waals surface area contributed by atoms with Crippen LogP contribution in [-0.4, -0.2) is 31.0 Å². The number of fused-ring (bicyclic) bond motifs is 2. The van der Waals surface area contributed by atoms with E-state index in [1.54, 1.807) is 43.7 Å². The van der Waals surface area contributed by atoms with Crippen molar-refractivity contribution < 1.29 is 23.7 Å². The molecule has 8 nitrogen and oxygen atoms in total. The predicted molar refractivity (Wildman–Crippen MR) is 126 cm³/mol. The maximum Gasteiger partial charge on any atom is 0.338 e. The van der Waals surface area contributed by atoms with Gasteiger partial charge in [0.15, 0.2) is 16.3 Å². The van der Waals surface area contributed by atoms with Crippen LogP contribution in [0.1, 0.15) is 31.0 Å². The molecule has 0 fully saturated rings. The molecule has 1 unspecified atom stereocenters. The minimum absolute atomic E-state index is 0.125. The normalized spacial score (nSPS) is 16.8. The van der Waals surface area contributed by atoms with E-state index in [0.29, 0.717) is 43.4 Å². The predicted octanol–water partition coefficient (Wildman–Crippen LogP) is 2.54. The molecule has 0 saturated carbocycles. The lowest BCUT2D eigenvalue weighted by atomic mass is 9.95. The van der Waals surface area contributed by atoms with Crippen LogP contribution in [0.4, 0.5) is 0 Å². The standard InChI is InChI=1S/C25H22N2O6S/c1-4-31-24(29)21-14(2)26-25-27(22(21)16-9-10-18-19(11-16)33-13-32-18)23(28)20(34-25)12-15-7-5-6-8-17(15)30-3/h5-12,22H,4,13H2,1-3H3. The molecule has 3 aromatic rings. The maximum atomic E-state index is 13.7. The smallest absolute Gasteiger partial charge is 0.338 e. The van der Waals surface area contributed by atoms with Gasteiger partial charge in [0, 0.05) is 5.56 Å². The van der Waals surface area contributed by atoms with Crippen LogP contribution in [0, 0.1) is 0 Å². The second-order valence-corrected chi connectivity index (χ2v) is 8.67. The van der Waals surface area contributed by atoms with Gasteiger partial charge in [0.25, 0.3) is 5.56 Å². The number of carbonyl (C=O) groups excluding carboxylic acids is 1. The number of ether oxygens (including phenoxy) is 4. The lowest BCUT2D eigenvalue weighted by Gasteiger charge is -2.24. The van der Waals surface area contributed by atoms with Gasteiger partial charge in [-0.3, -0.25) is 9.36 Å².